The Morgan fingerprint density at radius 3 is 2.65 bits per heavy atom. The van der Waals surface area contributed by atoms with Crippen LogP contribution in [0.15, 0.2) is 45.3 Å². The predicted molar refractivity (Wildman–Crippen MR) is 88.5 cm³/mol. The molecule has 0 spiro atoms. The van der Waals surface area contributed by atoms with E-state index < -0.39 is 0 Å². The number of benzene rings is 2. The van der Waals surface area contributed by atoms with Gasteiger partial charge in [-0.2, -0.15) is 0 Å². The summed E-state index contributed by atoms with van der Waals surface area (Å²) in [5, 5.41) is 3.31. The van der Waals surface area contributed by atoms with Crippen LogP contribution in [0.2, 0.25) is 0 Å². The van der Waals surface area contributed by atoms with Gasteiger partial charge in [0.2, 0.25) is 0 Å². The Balaban J connectivity index is 2.34. The van der Waals surface area contributed by atoms with Crippen LogP contribution in [0.25, 0.3) is 0 Å². The molecule has 0 aliphatic rings. The van der Waals surface area contributed by atoms with Gasteiger partial charge in [-0.15, -0.1) is 0 Å². The van der Waals surface area contributed by atoms with E-state index in [-0.39, 0.29) is 11.9 Å². The Bertz CT molecular complexity index is 613. The highest BCUT2D eigenvalue weighted by atomic mass is 79.9. The van der Waals surface area contributed by atoms with Crippen LogP contribution in [-0.2, 0) is 6.42 Å². The smallest absolute Gasteiger partial charge is 0.137 e. The van der Waals surface area contributed by atoms with Gasteiger partial charge < -0.3 is 5.32 Å². The van der Waals surface area contributed by atoms with Crippen molar-refractivity contribution in [1.82, 2.24) is 5.32 Å². The van der Waals surface area contributed by atoms with E-state index in [1.54, 1.807) is 6.07 Å². The molecular formula is C16H16Br2FN. The third kappa shape index (κ3) is 3.48. The molecule has 1 atom stereocenters. The van der Waals surface area contributed by atoms with Gasteiger partial charge in [-0.3, -0.25) is 0 Å². The Hall–Kier alpha value is -0.710. The summed E-state index contributed by atoms with van der Waals surface area (Å²) >= 11 is 6.92. The lowest BCUT2D eigenvalue weighted by Crippen LogP contribution is -2.19. The van der Waals surface area contributed by atoms with Gasteiger partial charge in [-0.25, -0.2) is 4.39 Å². The minimum atomic E-state index is -0.222. The lowest BCUT2D eigenvalue weighted by Gasteiger charge is -2.20. The molecule has 0 aliphatic carbocycles. The zero-order valence-electron chi connectivity index (χ0n) is 11.4. The average molecular weight is 401 g/mol. The number of hydrogen-bond donors (Lipinski definition) is 1. The van der Waals surface area contributed by atoms with Crippen LogP contribution in [0.4, 0.5) is 4.39 Å². The van der Waals surface area contributed by atoms with Crippen LogP contribution < -0.4 is 5.32 Å². The van der Waals surface area contributed by atoms with Crippen LogP contribution in [-0.4, -0.2) is 7.05 Å². The van der Waals surface area contributed by atoms with E-state index in [9.17, 15) is 4.39 Å². The highest BCUT2D eigenvalue weighted by molar-refractivity contribution is 9.10. The quantitative estimate of drug-likeness (QED) is 0.747. The fourth-order valence-corrected chi connectivity index (χ4v) is 3.17. The maximum absolute atomic E-state index is 13.6. The zero-order chi connectivity index (χ0) is 14.7. The molecule has 2 aromatic rings. The minimum Gasteiger partial charge on any atom is -0.313 e. The Morgan fingerprint density at radius 1 is 1.20 bits per heavy atom. The topological polar surface area (TPSA) is 12.0 Å². The van der Waals surface area contributed by atoms with Gasteiger partial charge in [-0.1, -0.05) is 45.8 Å². The summed E-state index contributed by atoms with van der Waals surface area (Å²) in [6.45, 7) is 2.07. The number of aryl methyl sites for hydroxylation is 1. The van der Waals surface area contributed by atoms with Crippen molar-refractivity contribution in [2.75, 3.05) is 7.05 Å². The fourth-order valence-electron chi connectivity index (χ4n) is 2.22. The average Bonchev–Trinajstić information content (AvgIpc) is 2.43. The second-order valence-electron chi connectivity index (χ2n) is 4.78. The van der Waals surface area contributed by atoms with E-state index in [0.717, 1.165) is 16.5 Å². The molecule has 1 N–H and O–H groups in total. The standard InChI is InChI=1S/C16H16Br2FN/c1-10-6-7-13(17)12(8-10)15(20-2)9-11-4-3-5-14(19)16(11)18/h3-8,15,20H,9H2,1-2H3. The first-order valence-corrected chi connectivity index (χ1v) is 7.97. The summed E-state index contributed by atoms with van der Waals surface area (Å²) in [4.78, 5) is 0. The summed E-state index contributed by atoms with van der Waals surface area (Å²) in [6.07, 6.45) is 0.719. The van der Waals surface area contributed by atoms with Crippen LogP contribution in [0.5, 0.6) is 0 Å². The van der Waals surface area contributed by atoms with Gasteiger partial charge >= 0.3 is 0 Å². The predicted octanol–water partition coefficient (Wildman–Crippen LogP) is 5.16. The highest BCUT2D eigenvalue weighted by Crippen LogP contribution is 2.30. The van der Waals surface area contributed by atoms with Crippen molar-refractivity contribution in [2.45, 2.75) is 19.4 Å². The third-order valence-electron chi connectivity index (χ3n) is 3.33. The van der Waals surface area contributed by atoms with Crippen LogP contribution >= 0.6 is 31.9 Å². The number of hydrogen-bond acceptors (Lipinski definition) is 1. The molecular weight excluding hydrogens is 385 g/mol. The van der Waals surface area contributed by atoms with E-state index in [1.165, 1.54) is 17.2 Å². The molecule has 0 aromatic heterocycles. The lowest BCUT2D eigenvalue weighted by molar-refractivity contribution is 0.578. The lowest BCUT2D eigenvalue weighted by atomic mass is 9.97. The van der Waals surface area contributed by atoms with Crippen molar-refractivity contribution in [3.05, 3.63) is 67.9 Å². The molecule has 2 aromatic carbocycles. The van der Waals surface area contributed by atoms with Crippen molar-refractivity contribution in [3.63, 3.8) is 0 Å². The summed E-state index contributed by atoms with van der Waals surface area (Å²) in [5.41, 5.74) is 3.35. The largest absolute Gasteiger partial charge is 0.313 e. The normalized spacial score (nSPS) is 12.4. The molecule has 0 bridgehead atoms. The van der Waals surface area contributed by atoms with Crippen LogP contribution in [0.1, 0.15) is 22.7 Å². The Labute approximate surface area is 135 Å². The van der Waals surface area contributed by atoms with E-state index in [1.807, 2.05) is 13.1 Å². The minimum absolute atomic E-state index is 0.127. The summed E-state index contributed by atoms with van der Waals surface area (Å²) in [6, 6.07) is 11.5. The summed E-state index contributed by atoms with van der Waals surface area (Å²) < 4.78 is 15.2. The molecule has 2 rings (SSSR count). The van der Waals surface area contributed by atoms with Crippen molar-refractivity contribution in [2.24, 2.45) is 0 Å². The molecule has 0 heterocycles. The molecule has 20 heavy (non-hydrogen) atoms. The molecule has 1 unspecified atom stereocenters. The summed E-state index contributed by atoms with van der Waals surface area (Å²) in [7, 11) is 1.92. The SMILES string of the molecule is CNC(Cc1cccc(F)c1Br)c1cc(C)ccc1Br. The van der Waals surface area contributed by atoms with Crippen LogP contribution in [0, 0.1) is 12.7 Å². The number of nitrogens with one attached hydrogen (secondary N) is 1. The van der Waals surface area contributed by atoms with E-state index in [2.05, 4.69) is 62.3 Å². The van der Waals surface area contributed by atoms with Gasteiger partial charge in [0.05, 0.1) is 4.47 Å². The second-order valence-corrected chi connectivity index (χ2v) is 6.43. The number of halogens is 3. The maximum Gasteiger partial charge on any atom is 0.137 e. The number of likely N-dealkylation sites (N-methyl/N-ethyl adjacent to an activating group) is 1. The third-order valence-corrected chi connectivity index (χ3v) is 4.94. The molecule has 0 fully saturated rings. The highest BCUT2D eigenvalue weighted by Gasteiger charge is 2.16. The van der Waals surface area contributed by atoms with Crippen molar-refractivity contribution in [3.8, 4) is 0 Å². The molecule has 0 amide bonds. The van der Waals surface area contributed by atoms with Gasteiger partial charge in [-0.05, 0) is 59.6 Å². The molecule has 0 saturated heterocycles. The van der Waals surface area contributed by atoms with E-state index >= 15 is 0 Å². The second kappa shape index (κ2) is 6.83. The Morgan fingerprint density at radius 2 is 1.95 bits per heavy atom. The van der Waals surface area contributed by atoms with Gasteiger partial charge in [0.25, 0.3) is 0 Å². The molecule has 0 saturated carbocycles. The van der Waals surface area contributed by atoms with Crippen LogP contribution in [0.3, 0.4) is 0 Å². The Kier molecular flexibility index (Phi) is 5.35. The van der Waals surface area contributed by atoms with Crippen molar-refractivity contribution in [1.29, 1.82) is 0 Å². The van der Waals surface area contributed by atoms with E-state index in [4.69, 9.17) is 0 Å². The first-order valence-electron chi connectivity index (χ1n) is 6.39. The molecule has 0 radical (unpaired) electrons. The molecule has 1 nitrogen and oxygen atoms in total. The fraction of sp³-hybridized carbons (Fsp3) is 0.250. The van der Waals surface area contributed by atoms with Crippen molar-refractivity contribution < 1.29 is 4.39 Å². The van der Waals surface area contributed by atoms with Gasteiger partial charge in [0.1, 0.15) is 5.82 Å². The zero-order valence-corrected chi connectivity index (χ0v) is 14.6. The molecule has 0 aliphatic heterocycles. The molecule has 106 valence electrons. The van der Waals surface area contributed by atoms with E-state index in [0.29, 0.717) is 4.47 Å². The van der Waals surface area contributed by atoms with Gasteiger partial charge in [0, 0.05) is 10.5 Å². The first kappa shape index (κ1) is 15.7. The maximum atomic E-state index is 13.6. The monoisotopic (exact) mass is 399 g/mol. The summed E-state index contributed by atoms with van der Waals surface area (Å²) in [5.74, 6) is -0.222. The van der Waals surface area contributed by atoms with Gasteiger partial charge in [0.15, 0.2) is 0 Å². The first-order chi connectivity index (χ1) is 9.52. The number of rotatable bonds is 4. The van der Waals surface area contributed by atoms with Crippen molar-refractivity contribution >= 4 is 31.9 Å². The molecule has 4 heteroatoms.